The van der Waals surface area contributed by atoms with Crippen LogP contribution in [0.15, 0.2) is 11.6 Å². The van der Waals surface area contributed by atoms with Crippen LogP contribution < -0.4 is 0 Å². The predicted octanol–water partition coefficient (Wildman–Crippen LogP) is 8.11. The molecule has 0 radical (unpaired) electrons. The number of aldehydes is 1. The minimum absolute atomic E-state index is 0.00149. The number of hydrogen-bond acceptors (Lipinski definition) is 4. The average Bonchev–Trinajstić information content (AvgIpc) is 3.33. The minimum atomic E-state index is -0.00149. The highest BCUT2D eigenvalue weighted by molar-refractivity contribution is 5.54. The maximum absolute atomic E-state index is 11.9. The molecule has 0 spiro atoms. The SMILES string of the molecule is CC[C@H](CC[C@@H](C)[C@H]1CC[C@H]2[C@@H]3CC=C4C[C@@H](OCC(C=O)CN5CCN(C)CC5)CC[C@]4(C)[C@H]3CC[C@]12C)C(C)C. The van der Waals surface area contributed by atoms with Crippen LogP contribution >= 0.6 is 0 Å². The first-order chi connectivity index (χ1) is 20.1. The Morgan fingerprint density at radius 3 is 2.45 bits per heavy atom. The van der Waals surface area contributed by atoms with Crippen molar-refractivity contribution in [3.63, 3.8) is 0 Å². The van der Waals surface area contributed by atoms with Gasteiger partial charge in [0.25, 0.3) is 0 Å². The second kappa shape index (κ2) is 13.7. The molecular weight excluding hydrogens is 516 g/mol. The molecule has 4 fully saturated rings. The Bertz CT molecular complexity index is 924. The standard InChI is InChI=1S/C38H66N2O2/c1-8-30(27(2)3)10-9-28(4)34-13-14-35-33-12-11-31-23-32(15-17-37(31,5)36(33)16-18-38(34,35)6)42-26-29(25-41)24-40-21-19-39(7)20-22-40/h11,25,27-30,32-36H,8-10,12-24,26H2,1-7H3/t28-,29?,30-,32+,33+,34-,35+,36+,37+,38-/m1/s1. The van der Waals surface area contributed by atoms with Crippen LogP contribution in [0.5, 0.6) is 0 Å². The third kappa shape index (κ3) is 6.62. The van der Waals surface area contributed by atoms with Gasteiger partial charge in [-0.25, -0.2) is 0 Å². The zero-order chi connectivity index (χ0) is 30.1. The fraction of sp³-hybridized carbons (Fsp3) is 0.921. The number of nitrogens with zero attached hydrogens (tertiary/aromatic N) is 2. The summed E-state index contributed by atoms with van der Waals surface area (Å²) in [6.45, 7) is 21.0. The molecule has 10 atom stereocenters. The lowest BCUT2D eigenvalue weighted by molar-refractivity contribution is -0.115. The van der Waals surface area contributed by atoms with Crippen LogP contribution in [0.25, 0.3) is 0 Å². The molecule has 5 aliphatic rings. The number of likely N-dealkylation sites (N-methyl/N-ethyl adjacent to an activating group) is 1. The van der Waals surface area contributed by atoms with Gasteiger partial charge in [-0.05, 0) is 117 Å². The van der Waals surface area contributed by atoms with Gasteiger partial charge in [-0.15, -0.1) is 0 Å². The van der Waals surface area contributed by atoms with E-state index in [2.05, 4.69) is 64.5 Å². The van der Waals surface area contributed by atoms with Crippen molar-refractivity contribution in [2.24, 2.45) is 58.2 Å². The predicted molar refractivity (Wildman–Crippen MR) is 175 cm³/mol. The molecule has 1 unspecified atom stereocenters. The second-order valence-corrected chi connectivity index (χ2v) is 16.7. The molecule has 1 saturated heterocycles. The van der Waals surface area contributed by atoms with E-state index < -0.39 is 0 Å². The topological polar surface area (TPSA) is 32.8 Å². The quantitative estimate of drug-likeness (QED) is 0.172. The summed E-state index contributed by atoms with van der Waals surface area (Å²) in [6, 6.07) is 0. The Kier molecular flexibility index (Phi) is 10.7. The van der Waals surface area contributed by atoms with E-state index in [0.717, 1.165) is 93.3 Å². The lowest BCUT2D eigenvalue weighted by Crippen LogP contribution is -2.51. The normalized spacial score (nSPS) is 39.6. The van der Waals surface area contributed by atoms with Gasteiger partial charge in [0.15, 0.2) is 0 Å². The van der Waals surface area contributed by atoms with Crippen molar-refractivity contribution in [1.82, 2.24) is 9.80 Å². The zero-order valence-electron chi connectivity index (χ0n) is 28.6. The van der Waals surface area contributed by atoms with Crippen molar-refractivity contribution in [1.29, 1.82) is 0 Å². The van der Waals surface area contributed by atoms with Crippen molar-refractivity contribution < 1.29 is 9.53 Å². The molecule has 5 rings (SSSR count). The lowest BCUT2D eigenvalue weighted by Gasteiger charge is -2.58. The van der Waals surface area contributed by atoms with Crippen LogP contribution in [0.1, 0.15) is 112 Å². The molecule has 0 aromatic heterocycles. The number of carbonyl (C=O) groups is 1. The Balaban J connectivity index is 1.17. The van der Waals surface area contributed by atoms with Crippen LogP contribution in [-0.4, -0.2) is 68.6 Å². The van der Waals surface area contributed by atoms with E-state index in [0.29, 0.717) is 23.5 Å². The van der Waals surface area contributed by atoms with Gasteiger partial charge in [-0.1, -0.05) is 66.0 Å². The van der Waals surface area contributed by atoms with Gasteiger partial charge in [0.05, 0.1) is 18.6 Å². The summed E-state index contributed by atoms with van der Waals surface area (Å²) >= 11 is 0. The fourth-order valence-corrected chi connectivity index (χ4v) is 11.2. The Labute approximate surface area is 259 Å². The Morgan fingerprint density at radius 2 is 1.76 bits per heavy atom. The van der Waals surface area contributed by atoms with E-state index in [1.807, 2.05) is 0 Å². The second-order valence-electron chi connectivity index (χ2n) is 16.7. The van der Waals surface area contributed by atoms with Crippen molar-refractivity contribution in [3.05, 3.63) is 11.6 Å². The summed E-state index contributed by atoms with van der Waals surface area (Å²) in [7, 11) is 2.19. The zero-order valence-corrected chi connectivity index (χ0v) is 28.6. The van der Waals surface area contributed by atoms with Gasteiger partial charge < -0.3 is 19.3 Å². The molecule has 1 aliphatic heterocycles. The Morgan fingerprint density at radius 1 is 1.00 bits per heavy atom. The number of allylic oxidation sites excluding steroid dienone is 1. The number of rotatable bonds is 12. The molecule has 4 heteroatoms. The van der Waals surface area contributed by atoms with Crippen LogP contribution in [0.4, 0.5) is 0 Å². The third-order valence-corrected chi connectivity index (χ3v) is 14.1. The van der Waals surface area contributed by atoms with E-state index >= 15 is 0 Å². The van der Waals surface area contributed by atoms with Gasteiger partial charge in [-0.2, -0.15) is 0 Å². The summed E-state index contributed by atoms with van der Waals surface area (Å²) in [4.78, 5) is 16.7. The summed E-state index contributed by atoms with van der Waals surface area (Å²) in [5.74, 6) is 6.17. The number of ether oxygens (including phenoxy) is 1. The van der Waals surface area contributed by atoms with Crippen molar-refractivity contribution >= 4 is 6.29 Å². The first-order valence-electron chi connectivity index (χ1n) is 18.3. The highest BCUT2D eigenvalue weighted by Gasteiger charge is 2.59. The first kappa shape index (κ1) is 32.7. The van der Waals surface area contributed by atoms with Crippen LogP contribution in [0.2, 0.25) is 0 Å². The monoisotopic (exact) mass is 583 g/mol. The maximum atomic E-state index is 11.9. The molecule has 0 amide bonds. The number of piperazine rings is 1. The summed E-state index contributed by atoms with van der Waals surface area (Å²) in [5.41, 5.74) is 2.62. The summed E-state index contributed by atoms with van der Waals surface area (Å²) in [6.07, 6.45) is 19.0. The van der Waals surface area contributed by atoms with E-state index in [1.165, 1.54) is 57.8 Å². The lowest BCUT2D eigenvalue weighted by atomic mass is 9.47. The van der Waals surface area contributed by atoms with Gasteiger partial charge >= 0.3 is 0 Å². The van der Waals surface area contributed by atoms with Gasteiger partial charge in [-0.3, -0.25) is 0 Å². The van der Waals surface area contributed by atoms with Crippen LogP contribution in [0, 0.1) is 58.2 Å². The highest BCUT2D eigenvalue weighted by atomic mass is 16.5. The first-order valence-corrected chi connectivity index (χ1v) is 18.3. The van der Waals surface area contributed by atoms with Gasteiger partial charge in [0.1, 0.15) is 6.29 Å². The molecule has 42 heavy (non-hydrogen) atoms. The molecule has 240 valence electrons. The van der Waals surface area contributed by atoms with Crippen LogP contribution in [-0.2, 0) is 9.53 Å². The fourth-order valence-electron chi connectivity index (χ4n) is 11.2. The van der Waals surface area contributed by atoms with E-state index in [9.17, 15) is 4.79 Å². The van der Waals surface area contributed by atoms with E-state index in [1.54, 1.807) is 5.57 Å². The average molecular weight is 583 g/mol. The minimum Gasteiger partial charge on any atom is -0.377 e. The van der Waals surface area contributed by atoms with E-state index in [4.69, 9.17) is 4.74 Å². The smallest absolute Gasteiger partial charge is 0.126 e. The van der Waals surface area contributed by atoms with Gasteiger partial charge in [0, 0.05) is 32.7 Å². The van der Waals surface area contributed by atoms with E-state index in [-0.39, 0.29) is 5.92 Å². The number of carbonyl (C=O) groups excluding carboxylic acids is 1. The van der Waals surface area contributed by atoms with Crippen molar-refractivity contribution in [2.75, 3.05) is 46.4 Å². The molecule has 3 saturated carbocycles. The molecule has 0 bridgehead atoms. The molecule has 0 N–H and O–H groups in total. The third-order valence-electron chi connectivity index (χ3n) is 14.1. The molecule has 1 heterocycles. The molecule has 4 nitrogen and oxygen atoms in total. The summed E-state index contributed by atoms with van der Waals surface area (Å²) < 4.78 is 6.51. The largest absolute Gasteiger partial charge is 0.377 e. The maximum Gasteiger partial charge on any atom is 0.126 e. The molecular formula is C38H66N2O2. The molecule has 4 aliphatic carbocycles. The van der Waals surface area contributed by atoms with Crippen LogP contribution in [0.3, 0.4) is 0 Å². The number of fused-ring (bicyclic) bond motifs is 5. The Hall–Kier alpha value is -0.710. The molecule has 0 aromatic carbocycles. The van der Waals surface area contributed by atoms with Crippen molar-refractivity contribution in [3.8, 4) is 0 Å². The number of hydrogen-bond donors (Lipinski definition) is 0. The van der Waals surface area contributed by atoms with Gasteiger partial charge in [0.2, 0.25) is 0 Å². The summed E-state index contributed by atoms with van der Waals surface area (Å²) in [5, 5.41) is 0. The highest BCUT2D eigenvalue weighted by Crippen LogP contribution is 2.67. The molecule has 0 aromatic rings. The van der Waals surface area contributed by atoms with Crippen molar-refractivity contribution in [2.45, 2.75) is 118 Å².